The molecule has 0 aliphatic carbocycles. The molecule has 5 rings (SSSR count). The van der Waals surface area contributed by atoms with Crippen molar-refractivity contribution in [3.05, 3.63) is 71.5 Å². The Hall–Kier alpha value is -3.64. The van der Waals surface area contributed by atoms with Crippen molar-refractivity contribution in [1.82, 2.24) is 19.8 Å². The van der Waals surface area contributed by atoms with E-state index in [0.29, 0.717) is 0 Å². The van der Waals surface area contributed by atoms with Gasteiger partial charge in [-0.15, -0.1) is 0 Å². The predicted molar refractivity (Wildman–Crippen MR) is 154 cm³/mol. The van der Waals surface area contributed by atoms with Gasteiger partial charge in [-0.25, -0.2) is 4.98 Å². The highest BCUT2D eigenvalue weighted by molar-refractivity contribution is 5.99. The highest BCUT2D eigenvalue weighted by Crippen LogP contribution is 2.35. The van der Waals surface area contributed by atoms with Gasteiger partial charge < -0.3 is 19.7 Å². The fourth-order valence-corrected chi connectivity index (χ4v) is 5.28. The topological polar surface area (TPSA) is 55.5 Å². The number of pyridine rings is 1. The second-order valence-electron chi connectivity index (χ2n) is 10.8. The minimum Gasteiger partial charge on any atom is -0.369 e. The lowest BCUT2D eigenvalue weighted by Gasteiger charge is -2.35. The molecule has 2 aromatic heterocycles. The molecule has 0 saturated carbocycles. The lowest BCUT2D eigenvalue weighted by atomic mass is 9.92. The average Bonchev–Trinajstić information content (AvgIpc) is 3.31. The fourth-order valence-electron chi connectivity index (χ4n) is 5.28. The first-order valence-electron chi connectivity index (χ1n) is 13.1. The molecule has 0 spiro atoms. The molecule has 0 unspecified atom stereocenters. The molecular formula is C31H37N5O. The van der Waals surface area contributed by atoms with Crippen LogP contribution in [0.5, 0.6) is 0 Å². The van der Waals surface area contributed by atoms with Crippen LogP contribution in [0.1, 0.15) is 41.3 Å². The van der Waals surface area contributed by atoms with Gasteiger partial charge in [0.25, 0.3) is 5.91 Å². The second-order valence-corrected chi connectivity index (χ2v) is 10.8. The molecule has 1 saturated heterocycles. The van der Waals surface area contributed by atoms with Crippen LogP contribution in [-0.2, 0) is 0 Å². The summed E-state index contributed by atoms with van der Waals surface area (Å²) in [4.78, 5) is 27.3. The Morgan fingerprint density at radius 1 is 0.973 bits per heavy atom. The van der Waals surface area contributed by atoms with E-state index in [9.17, 15) is 4.79 Å². The molecule has 1 fully saturated rings. The maximum Gasteiger partial charge on any atom is 0.253 e. The maximum atomic E-state index is 12.8. The zero-order valence-corrected chi connectivity index (χ0v) is 22.8. The van der Waals surface area contributed by atoms with E-state index in [4.69, 9.17) is 4.98 Å². The SMILES string of the molecule is Cc1cc(-c2cnc3[nH]cc(-c4ccc(C(=O)N(C)C)c(C(C)C)c4)c3c2)ccc1N1CCN(C)CC1. The summed E-state index contributed by atoms with van der Waals surface area (Å²) in [5.41, 5.74) is 9.76. The Kier molecular flexibility index (Phi) is 6.78. The van der Waals surface area contributed by atoms with Crippen LogP contribution in [0.3, 0.4) is 0 Å². The minimum atomic E-state index is 0.0357. The molecule has 4 aromatic rings. The number of benzene rings is 2. The number of carbonyl (C=O) groups is 1. The quantitative estimate of drug-likeness (QED) is 0.381. The smallest absolute Gasteiger partial charge is 0.253 e. The van der Waals surface area contributed by atoms with Gasteiger partial charge in [-0.1, -0.05) is 32.0 Å². The first-order chi connectivity index (χ1) is 17.7. The zero-order valence-electron chi connectivity index (χ0n) is 22.8. The van der Waals surface area contributed by atoms with Crippen molar-refractivity contribution < 1.29 is 4.79 Å². The summed E-state index contributed by atoms with van der Waals surface area (Å²) >= 11 is 0. The van der Waals surface area contributed by atoms with Gasteiger partial charge in [-0.2, -0.15) is 0 Å². The lowest BCUT2D eigenvalue weighted by molar-refractivity contribution is 0.0826. The van der Waals surface area contributed by atoms with Crippen LogP contribution in [0.4, 0.5) is 5.69 Å². The van der Waals surface area contributed by atoms with Gasteiger partial charge in [0, 0.05) is 80.4 Å². The Balaban J connectivity index is 1.51. The number of fused-ring (bicyclic) bond motifs is 1. The molecule has 0 bridgehead atoms. The van der Waals surface area contributed by atoms with E-state index < -0.39 is 0 Å². The van der Waals surface area contributed by atoms with Crippen molar-refractivity contribution in [1.29, 1.82) is 0 Å². The van der Waals surface area contributed by atoms with Crippen LogP contribution in [0, 0.1) is 6.92 Å². The number of hydrogen-bond acceptors (Lipinski definition) is 4. The average molecular weight is 496 g/mol. The molecule has 192 valence electrons. The number of H-pyrrole nitrogens is 1. The number of amides is 1. The fraction of sp³-hybridized carbons (Fsp3) is 0.355. The third-order valence-electron chi connectivity index (χ3n) is 7.53. The van der Waals surface area contributed by atoms with Gasteiger partial charge in [0.15, 0.2) is 0 Å². The number of aryl methyl sites for hydroxylation is 1. The van der Waals surface area contributed by atoms with Crippen LogP contribution in [0.15, 0.2) is 54.9 Å². The molecule has 6 nitrogen and oxygen atoms in total. The summed E-state index contributed by atoms with van der Waals surface area (Å²) in [5.74, 6) is 0.271. The zero-order chi connectivity index (χ0) is 26.3. The van der Waals surface area contributed by atoms with E-state index in [2.05, 4.69) is 72.9 Å². The second kappa shape index (κ2) is 10.0. The summed E-state index contributed by atoms with van der Waals surface area (Å²) < 4.78 is 0. The number of aromatic amines is 1. The number of nitrogens with one attached hydrogen (secondary N) is 1. The van der Waals surface area contributed by atoms with Crippen LogP contribution in [0.2, 0.25) is 0 Å². The largest absolute Gasteiger partial charge is 0.369 e. The third-order valence-corrected chi connectivity index (χ3v) is 7.53. The maximum absolute atomic E-state index is 12.8. The van der Waals surface area contributed by atoms with Gasteiger partial charge in [-0.05, 0) is 66.4 Å². The number of nitrogens with zero attached hydrogens (tertiary/aromatic N) is 4. The summed E-state index contributed by atoms with van der Waals surface area (Å²) in [6, 6.07) is 15.2. The highest BCUT2D eigenvalue weighted by atomic mass is 16.2. The van der Waals surface area contributed by atoms with E-state index in [0.717, 1.165) is 65.0 Å². The van der Waals surface area contributed by atoms with Crippen molar-refractivity contribution in [3.63, 3.8) is 0 Å². The summed E-state index contributed by atoms with van der Waals surface area (Å²) in [7, 11) is 5.78. The minimum absolute atomic E-state index is 0.0357. The molecule has 1 aliphatic rings. The number of likely N-dealkylation sites (N-methyl/N-ethyl adjacent to an activating group) is 1. The molecule has 1 aliphatic heterocycles. The number of aromatic nitrogens is 2. The molecule has 3 heterocycles. The number of rotatable bonds is 5. The van der Waals surface area contributed by atoms with Crippen molar-refractivity contribution in [2.24, 2.45) is 0 Å². The van der Waals surface area contributed by atoms with Crippen LogP contribution in [0.25, 0.3) is 33.3 Å². The molecule has 6 heteroatoms. The van der Waals surface area contributed by atoms with Gasteiger partial charge in [0.1, 0.15) is 5.65 Å². The van der Waals surface area contributed by atoms with E-state index in [1.54, 1.807) is 19.0 Å². The van der Waals surface area contributed by atoms with Gasteiger partial charge in [0.2, 0.25) is 0 Å². The Morgan fingerprint density at radius 2 is 1.70 bits per heavy atom. The first kappa shape index (κ1) is 25.0. The van der Waals surface area contributed by atoms with E-state index in [1.165, 1.54) is 16.8 Å². The summed E-state index contributed by atoms with van der Waals surface area (Å²) in [6.45, 7) is 10.8. The predicted octanol–water partition coefficient (Wildman–Crippen LogP) is 5.78. The van der Waals surface area contributed by atoms with Crippen molar-refractivity contribution >= 4 is 22.6 Å². The molecule has 1 amide bonds. The van der Waals surface area contributed by atoms with Crippen LogP contribution >= 0.6 is 0 Å². The number of hydrogen-bond donors (Lipinski definition) is 1. The third kappa shape index (κ3) is 4.86. The normalized spacial score (nSPS) is 14.5. The molecule has 37 heavy (non-hydrogen) atoms. The van der Waals surface area contributed by atoms with Crippen molar-refractivity contribution in [2.75, 3.05) is 52.2 Å². The van der Waals surface area contributed by atoms with Gasteiger partial charge in [-0.3, -0.25) is 4.79 Å². The molecule has 0 radical (unpaired) electrons. The van der Waals surface area contributed by atoms with Crippen molar-refractivity contribution in [2.45, 2.75) is 26.7 Å². The van der Waals surface area contributed by atoms with Crippen molar-refractivity contribution in [3.8, 4) is 22.3 Å². The number of carbonyl (C=O) groups excluding carboxylic acids is 1. The van der Waals surface area contributed by atoms with Gasteiger partial charge >= 0.3 is 0 Å². The number of anilines is 1. The summed E-state index contributed by atoms with van der Waals surface area (Å²) in [6.07, 6.45) is 3.97. The molecule has 0 atom stereocenters. The lowest BCUT2D eigenvalue weighted by Crippen LogP contribution is -2.44. The Morgan fingerprint density at radius 3 is 2.38 bits per heavy atom. The number of piperazine rings is 1. The van der Waals surface area contributed by atoms with E-state index in [1.807, 2.05) is 24.5 Å². The summed E-state index contributed by atoms with van der Waals surface area (Å²) in [5, 5.41) is 1.08. The standard InChI is InChI=1S/C31H37N5O/c1-20(2)26-16-23(7-9-25(26)31(37)34(4)5)28-19-33-30-27(28)17-24(18-32-30)22-8-10-29(21(3)15-22)36-13-11-35(6)12-14-36/h7-10,15-20H,11-14H2,1-6H3,(H,32,33). The highest BCUT2D eigenvalue weighted by Gasteiger charge is 2.19. The van der Waals surface area contributed by atoms with Gasteiger partial charge in [0.05, 0.1) is 0 Å². The van der Waals surface area contributed by atoms with Crippen LogP contribution < -0.4 is 4.90 Å². The monoisotopic (exact) mass is 495 g/mol. The molecule has 1 N–H and O–H groups in total. The van der Waals surface area contributed by atoms with E-state index >= 15 is 0 Å². The molecular weight excluding hydrogens is 458 g/mol. The van der Waals surface area contributed by atoms with E-state index in [-0.39, 0.29) is 11.8 Å². The Labute approximate surface area is 219 Å². The van der Waals surface area contributed by atoms with Crippen LogP contribution in [-0.4, -0.2) is 73.0 Å². The molecule has 2 aromatic carbocycles. The first-order valence-corrected chi connectivity index (χ1v) is 13.1. The Bertz CT molecular complexity index is 1440.